The normalized spacial score (nSPS) is 14.3. The number of carbonyl (C=O) groups excluding carboxylic acids is 1. The van der Waals surface area contributed by atoms with E-state index in [9.17, 15) is 4.79 Å². The van der Waals surface area contributed by atoms with Crippen molar-refractivity contribution in [1.82, 2.24) is 15.5 Å². The number of rotatable bonds is 8. The number of aromatic nitrogens is 2. The van der Waals surface area contributed by atoms with Crippen LogP contribution in [0.4, 0.5) is 0 Å². The largest absolute Gasteiger partial charge is 0.492 e. The van der Waals surface area contributed by atoms with E-state index in [-0.39, 0.29) is 17.1 Å². The molecule has 1 saturated carbocycles. The van der Waals surface area contributed by atoms with Gasteiger partial charge in [0.1, 0.15) is 12.4 Å². The highest BCUT2D eigenvalue weighted by Gasteiger charge is 2.29. The van der Waals surface area contributed by atoms with Gasteiger partial charge in [-0.1, -0.05) is 44.7 Å². The van der Waals surface area contributed by atoms with Crippen LogP contribution in [-0.4, -0.2) is 35.0 Å². The first kappa shape index (κ1) is 18.8. The van der Waals surface area contributed by atoms with Gasteiger partial charge in [0.25, 0.3) is 5.22 Å². The SMILES string of the molecule is CC(C)(C)c1ccc(OCCNC(=O)CSc2nnc(C3CC3)o2)cc1. The zero-order chi connectivity index (χ0) is 18.6. The van der Waals surface area contributed by atoms with E-state index < -0.39 is 0 Å². The molecule has 140 valence electrons. The molecule has 1 heterocycles. The molecule has 1 N–H and O–H groups in total. The molecule has 0 spiro atoms. The van der Waals surface area contributed by atoms with Crippen LogP contribution in [0.15, 0.2) is 33.9 Å². The summed E-state index contributed by atoms with van der Waals surface area (Å²) in [6.07, 6.45) is 2.23. The lowest BCUT2D eigenvalue weighted by molar-refractivity contribution is -0.118. The summed E-state index contributed by atoms with van der Waals surface area (Å²) in [7, 11) is 0. The average Bonchev–Trinajstić information content (AvgIpc) is 3.35. The average molecular weight is 375 g/mol. The number of carbonyl (C=O) groups is 1. The Morgan fingerprint density at radius 3 is 2.65 bits per heavy atom. The van der Waals surface area contributed by atoms with Crippen molar-refractivity contribution in [3.8, 4) is 5.75 Å². The third kappa shape index (κ3) is 5.49. The van der Waals surface area contributed by atoms with Crippen molar-refractivity contribution in [3.63, 3.8) is 0 Å². The molecule has 1 fully saturated rings. The van der Waals surface area contributed by atoms with Crippen molar-refractivity contribution in [2.45, 2.75) is 50.2 Å². The second kappa shape index (κ2) is 8.12. The quantitative estimate of drug-likeness (QED) is 0.562. The molecule has 1 aliphatic carbocycles. The Morgan fingerprint density at radius 2 is 2.00 bits per heavy atom. The number of hydrogen-bond acceptors (Lipinski definition) is 6. The number of ether oxygens (including phenoxy) is 1. The Balaban J connectivity index is 1.32. The lowest BCUT2D eigenvalue weighted by atomic mass is 9.87. The lowest BCUT2D eigenvalue weighted by Gasteiger charge is -2.19. The minimum absolute atomic E-state index is 0.0761. The number of nitrogens with one attached hydrogen (secondary N) is 1. The van der Waals surface area contributed by atoms with Crippen LogP contribution in [0.3, 0.4) is 0 Å². The second-order valence-electron chi connectivity index (χ2n) is 7.44. The number of thioether (sulfide) groups is 1. The Labute approximate surface area is 158 Å². The molecule has 0 bridgehead atoms. The van der Waals surface area contributed by atoms with Crippen molar-refractivity contribution in [1.29, 1.82) is 0 Å². The molecule has 3 rings (SSSR count). The van der Waals surface area contributed by atoms with Crippen molar-refractivity contribution in [3.05, 3.63) is 35.7 Å². The van der Waals surface area contributed by atoms with E-state index in [1.165, 1.54) is 17.3 Å². The summed E-state index contributed by atoms with van der Waals surface area (Å²) < 4.78 is 11.2. The summed E-state index contributed by atoms with van der Waals surface area (Å²) in [6, 6.07) is 8.08. The maximum absolute atomic E-state index is 11.9. The molecule has 1 aromatic heterocycles. The van der Waals surface area contributed by atoms with Gasteiger partial charge in [0.05, 0.1) is 12.3 Å². The van der Waals surface area contributed by atoms with Gasteiger partial charge >= 0.3 is 0 Å². The maximum atomic E-state index is 11.9. The van der Waals surface area contributed by atoms with Gasteiger partial charge in [-0.25, -0.2) is 0 Å². The predicted molar refractivity (Wildman–Crippen MR) is 101 cm³/mol. The van der Waals surface area contributed by atoms with E-state index in [0.717, 1.165) is 18.6 Å². The highest BCUT2D eigenvalue weighted by molar-refractivity contribution is 7.99. The third-order valence-corrected chi connectivity index (χ3v) is 4.91. The fourth-order valence-electron chi connectivity index (χ4n) is 2.36. The zero-order valence-corrected chi connectivity index (χ0v) is 16.3. The number of nitrogens with zero attached hydrogens (tertiary/aromatic N) is 2. The molecule has 0 unspecified atom stereocenters. The molecule has 6 nitrogen and oxygen atoms in total. The topological polar surface area (TPSA) is 77.2 Å². The fraction of sp³-hybridized carbons (Fsp3) is 0.526. The molecule has 0 radical (unpaired) electrons. The van der Waals surface area contributed by atoms with Crippen molar-refractivity contribution in [2.24, 2.45) is 0 Å². The van der Waals surface area contributed by atoms with Gasteiger partial charge in [-0.2, -0.15) is 0 Å². The minimum atomic E-state index is -0.0761. The van der Waals surface area contributed by atoms with Gasteiger partial charge in [0, 0.05) is 5.92 Å². The summed E-state index contributed by atoms with van der Waals surface area (Å²) in [5, 5.41) is 11.2. The Morgan fingerprint density at radius 1 is 1.27 bits per heavy atom. The van der Waals surface area contributed by atoms with Gasteiger partial charge in [-0.3, -0.25) is 4.79 Å². The number of amides is 1. The highest BCUT2D eigenvalue weighted by atomic mass is 32.2. The molecule has 0 aliphatic heterocycles. The predicted octanol–water partition coefficient (Wildman–Crippen LogP) is 3.53. The van der Waals surface area contributed by atoms with Crippen molar-refractivity contribution in [2.75, 3.05) is 18.9 Å². The van der Waals surface area contributed by atoms with Crippen molar-refractivity contribution < 1.29 is 13.9 Å². The van der Waals surface area contributed by atoms with Gasteiger partial charge < -0.3 is 14.5 Å². The van der Waals surface area contributed by atoms with Gasteiger partial charge in [-0.15, -0.1) is 10.2 Å². The number of benzene rings is 1. The summed E-state index contributed by atoms with van der Waals surface area (Å²) in [5.41, 5.74) is 1.39. The standard InChI is InChI=1S/C19H25N3O3S/c1-19(2,3)14-6-8-15(9-7-14)24-11-10-20-16(23)12-26-18-22-21-17(25-18)13-4-5-13/h6-9,13H,4-5,10-12H2,1-3H3,(H,20,23). The minimum Gasteiger partial charge on any atom is -0.492 e. The van der Waals surface area contributed by atoms with Crippen LogP contribution in [-0.2, 0) is 10.2 Å². The summed E-state index contributed by atoms with van der Waals surface area (Å²) in [5.74, 6) is 2.11. The van der Waals surface area contributed by atoms with E-state index in [4.69, 9.17) is 9.15 Å². The van der Waals surface area contributed by atoms with E-state index in [1.54, 1.807) is 0 Å². The Bertz CT molecular complexity index is 733. The summed E-state index contributed by atoms with van der Waals surface area (Å²) in [6.45, 7) is 7.42. The maximum Gasteiger partial charge on any atom is 0.277 e. The molecule has 26 heavy (non-hydrogen) atoms. The molecule has 1 aliphatic rings. The van der Waals surface area contributed by atoms with Crippen LogP contribution in [0.25, 0.3) is 0 Å². The fourth-order valence-corrected chi connectivity index (χ4v) is 2.96. The van der Waals surface area contributed by atoms with Gasteiger partial charge in [0.2, 0.25) is 11.8 Å². The first-order valence-corrected chi connectivity index (χ1v) is 9.86. The molecule has 2 aromatic rings. The summed E-state index contributed by atoms with van der Waals surface area (Å²) in [4.78, 5) is 11.9. The molecule has 0 atom stereocenters. The molecular weight excluding hydrogens is 350 g/mol. The molecule has 7 heteroatoms. The van der Waals surface area contributed by atoms with Gasteiger partial charge in [-0.05, 0) is 36.0 Å². The van der Waals surface area contributed by atoms with Crippen LogP contribution in [0.1, 0.15) is 51.0 Å². The molecule has 1 amide bonds. The smallest absolute Gasteiger partial charge is 0.277 e. The summed E-state index contributed by atoms with van der Waals surface area (Å²) >= 11 is 1.26. The third-order valence-electron chi connectivity index (χ3n) is 4.09. The molecule has 1 aromatic carbocycles. The second-order valence-corrected chi connectivity index (χ2v) is 8.37. The van der Waals surface area contributed by atoms with E-state index in [0.29, 0.717) is 30.2 Å². The Hall–Kier alpha value is -2.02. The van der Waals surface area contributed by atoms with Crippen LogP contribution < -0.4 is 10.1 Å². The molecule has 0 saturated heterocycles. The first-order chi connectivity index (χ1) is 12.4. The zero-order valence-electron chi connectivity index (χ0n) is 15.4. The van der Waals surface area contributed by atoms with Crippen molar-refractivity contribution >= 4 is 17.7 Å². The molecular formula is C19H25N3O3S. The number of hydrogen-bond donors (Lipinski definition) is 1. The van der Waals surface area contributed by atoms with Gasteiger partial charge in [0.15, 0.2) is 0 Å². The van der Waals surface area contributed by atoms with E-state index >= 15 is 0 Å². The first-order valence-electron chi connectivity index (χ1n) is 8.88. The Kier molecular flexibility index (Phi) is 5.86. The van der Waals surface area contributed by atoms with Crippen LogP contribution in [0.2, 0.25) is 0 Å². The van der Waals surface area contributed by atoms with E-state index in [1.807, 2.05) is 12.1 Å². The van der Waals surface area contributed by atoms with Crippen LogP contribution in [0, 0.1) is 0 Å². The monoisotopic (exact) mass is 375 g/mol. The van der Waals surface area contributed by atoms with Crippen LogP contribution >= 0.6 is 11.8 Å². The lowest BCUT2D eigenvalue weighted by Crippen LogP contribution is -2.29. The van der Waals surface area contributed by atoms with E-state index in [2.05, 4.69) is 48.4 Å². The van der Waals surface area contributed by atoms with Crippen LogP contribution in [0.5, 0.6) is 5.75 Å². The highest BCUT2D eigenvalue weighted by Crippen LogP contribution is 2.39.